The molecule has 0 N–H and O–H groups in total. The Morgan fingerprint density at radius 2 is 0.900 bits per heavy atom. The number of benzene rings is 3. The molecule has 0 aromatic heterocycles. The van der Waals surface area contributed by atoms with Gasteiger partial charge in [0.25, 0.3) is 7.49 Å². The maximum absolute atomic E-state index is 13.9. The fourth-order valence-electron chi connectivity index (χ4n) is 3.23. The highest BCUT2D eigenvalue weighted by molar-refractivity contribution is 7.94. The maximum Gasteiger partial charge on any atom is 0.510 e. The van der Waals surface area contributed by atoms with Crippen molar-refractivity contribution in [1.29, 1.82) is 0 Å². The summed E-state index contributed by atoms with van der Waals surface area (Å²) in [7, 11) is -6.70. The minimum absolute atomic E-state index is 0.321. The average molecular weight is 443 g/mol. The first kappa shape index (κ1) is 22.9. The highest BCUT2D eigenvalue weighted by Crippen LogP contribution is 2.70. The molecule has 0 atom stereocenters. The molecule has 30 heavy (non-hydrogen) atoms. The van der Waals surface area contributed by atoms with Gasteiger partial charge >= 0.3 is 7.82 Å². The van der Waals surface area contributed by atoms with E-state index in [1.807, 2.05) is 119 Å². The molecule has 0 aliphatic heterocycles. The van der Waals surface area contributed by atoms with Crippen LogP contribution in [0.2, 0.25) is 0 Å². The van der Waals surface area contributed by atoms with E-state index in [0.717, 1.165) is 15.9 Å². The van der Waals surface area contributed by atoms with Gasteiger partial charge in [0, 0.05) is 0 Å². The number of phosphoric acid groups is 1. The highest BCUT2D eigenvalue weighted by atomic mass is 31.3. The molecule has 3 aromatic carbocycles. The second-order valence-corrected chi connectivity index (χ2v) is 12.2. The van der Waals surface area contributed by atoms with E-state index in [1.165, 1.54) is 0 Å². The van der Waals surface area contributed by atoms with Gasteiger partial charge in [-0.3, -0.25) is 9.05 Å². The summed E-state index contributed by atoms with van der Waals surface area (Å²) in [5.74, 6) is 0. The zero-order valence-electron chi connectivity index (χ0n) is 17.8. The molecule has 0 spiro atoms. The Bertz CT molecular complexity index is 850. The quantitative estimate of drug-likeness (QED) is 0.388. The Balaban J connectivity index is 2.29. The van der Waals surface area contributed by atoms with Gasteiger partial charge in [-0.05, 0) is 64.1 Å². The zero-order valence-corrected chi connectivity index (χ0v) is 19.6. The molecule has 0 unspecified atom stereocenters. The van der Waals surface area contributed by atoms with E-state index in [2.05, 4.69) is 0 Å². The first-order chi connectivity index (χ1) is 14.4. The lowest BCUT2D eigenvalue weighted by Gasteiger charge is -2.29. The second kappa shape index (κ2) is 10.0. The molecule has 3 rings (SSSR count). The Labute approximate surface area is 180 Å². The summed E-state index contributed by atoms with van der Waals surface area (Å²) < 4.78 is 32.2. The molecule has 0 aliphatic carbocycles. The predicted molar refractivity (Wildman–Crippen MR) is 126 cm³/mol. The fourth-order valence-corrected chi connectivity index (χ4v) is 9.62. The topological polar surface area (TPSA) is 44.8 Å². The van der Waals surface area contributed by atoms with E-state index in [-0.39, 0.29) is 12.2 Å². The van der Waals surface area contributed by atoms with Crippen molar-refractivity contribution in [2.24, 2.45) is 0 Å². The van der Waals surface area contributed by atoms with Crippen LogP contribution in [0.25, 0.3) is 0 Å². The van der Waals surface area contributed by atoms with Crippen LogP contribution in [0, 0.1) is 0 Å². The smallest absolute Gasteiger partial charge is 0.282 e. The van der Waals surface area contributed by atoms with Gasteiger partial charge in [0.15, 0.2) is 0 Å². The Morgan fingerprint density at radius 1 is 0.600 bits per heavy atom. The molecule has 0 saturated heterocycles. The van der Waals surface area contributed by atoms with Crippen LogP contribution in [0.4, 0.5) is 0 Å². The van der Waals surface area contributed by atoms with Crippen molar-refractivity contribution < 1.29 is 17.9 Å². The third-order valence-electron chi connectivity index (χ3n) is 4.26. The molecule has 0 heterocycles. The first-order valence-corrected chi connectivity index (χ1v) is 13.3. The van der Waals surface area contributed by atoms with E-state index in [9.17, 15) is 4.57 Å². The molecule has 0 bridgehead atoms. The van der Waals surface area contributed by atoms with Crippen molar-refractivity contribution in [3.8, 4) is 0 Å². The molecule has 3 aromatic rings. The molecular formula is C24H29O4P2+. The van der Waals surface area contributed by atoms with Crippen LogP contribution in [0.1, 0.15) is 27.7 Å². The van der Waals surface area contributed by atoms with Gasteiger partial charge in [0.1, 0.15) is 15.9 Å². The Kier molecular flexibility index (Phi) is 7.63. The van der Waals surface area contributed by atoms with Gasteiger partial charge in [-0.2, -0.15) is 0 Å². The van der Waals surface area contributed by atoms with Gasteiger partial charge in [-0.1, -0.05) is 54.6 Å². The number of phosphoric ester groups is 1. The molecule has 0 fully saturated rings. The lowest BCUT2D eigenvalue weighted by atomic mass is 10.4. The standard InChI is InChI=1S/C24H29O4P2/c1-20(2)26-30(25,27-21(3)4)28-29(22-14-8-5-9-15-22,23-16-10-6-11-17-23)24-18-12-7-13-19-24/h5-21H,1-4H3/q+1. The maximum atomic E-state index is 13.9. The van der Waals surface area contributed by atoms with Crippen molar-refractivity contribution in [2.75, 3.05) is 0 Å². The van der Waals surface area contributed by atoms with Crippen LogP contribution in [-0.2, 0) is 17.9 Å². The van der Waals surface area contributed by atoms with E-state index >= 15 is 0 Å². The first-order valence-electron chi connectivity index (χ1n) is 10.1. The van der Waals surface area contributed by atoms with Crippen molar-refractivity contribution in [3.05, 3.63) is 91.0 Å². The second-order valence-electron chi connectivity index (χ2n) is 7.45. The van der Waals surface area contributed by atoms with Crippen LogP contribution >= 0.6 is 15.3 Å². The van der Waals surface area contributed by atoms with Gasteiger partial charge in [0.05, 0.1) is 12.2 Å². The van der Waals surface area contributed by atoms with Crippen molar-refractivity contribution >= 4 is 31.2 Å². The summed E-state index contributed by atoms with van der Waals surface area (Å²) >= 11 is 0. The number of hydrogen-bond donors (Lipinski definition) is 0. The Hall–Kier alpha value is -1.80. The molecule has 4 nitrogen and oxygen atoms in total. The van der Waals surface area contributed by atoms with Crippen molar-refractivity contribution in [2.45, 2.75) is 39.9 Å². The van der Waals surface area contributed by atoms with E-state index in [4.69, 9.17) is 13.4 Å². The summed E-state index contributed by atoms with van der Waals surface area (Å²) in [6, 6.07) is 29.8. The van der Waals surface area contributed by atoms with Crippen LogP contribution in [-0.4, -0.2) is 12.2 Å². The molecule has 0 amide bonds. The summed E-state index contributed by atoms with van der Waals surface area (Å²) in [6.07, 6.45) is -0.641. The van der Waals surface area contributed by atoms with E-state index in [0.29, 0.717) is 0 Å². The van der Waals surface area contributed by atoms with Gasteiger partial charge in [-0.15, -0.1) is 4.31 Å². The monoisotopic (exact) mass is 443 g/mol. The summed E-state index contributed by atoms with van der Waals surface area (Å²) in [6.45, 7) is 7.31. The largest absolute Gasteiger partial charge is 0.510 e. The normalized spacial score (nSPS) is 12.5. The van der Waals surface area contributed by atoms with Crippen molar-refractivity contribution in [1.82, 2.24) is 0 Å². The van der Waals surface area contributed by atoms with Crippen LogP contribution in [0.5, 0.6) is 0 Å². The molecule has 158 valence electrons. The molecule has 0 aliphatic rings. The average Bonchev–Trinajstić information content (AvgIpc) is 2.73. The summed E-state index contributed by atoms with van der Waals surface area (Å²) in [4.78, 5) is 0. The minimum Gasteiger partial charge on any atom is -0.282 e. The lowest BCUT2D eigenvalue weighted by Crippen LogP contribution is -2.33. The molecule has 0 radical (unpaired) electrons. The van der Waals surface area contributed by atoms with Gasteiger partial charge in [0.2, 0.25) is 0 Å². The summed E-state index contributed by atoms with van der Waals surface area (Å²) in [5, 5.41) is 2.84. The Morgan fingerprint density at radius 3 is 1.17 bits per heavy atom. The van der Waals surface area contributed by atoms with Gasteiger partial charge < -0.3 is 0 Å². The highest BCUT2D eigenvalue weighted by Gasteiger charge is 2.55. The molecular weight excluding hydrogens is 414 g/mol. The van der Waals surface area contributed by atoms with Crippen molar-refractivity contribution in [3.63, 3.8) is 0 Å². The number of rotatable bonds is 9. The minimum atomic E-state index is -3.90. The third-order valence-corrected chi connectivity index (χ3v) is 10.5. The van der Waals surface area contributed by atoms with Gasteiger partial charge in [-0.25, -0.2) is 4.57 Å². The lowest BCUT2D eigenvalue weighted by molar-refractivity contribution is 0.106. The molecule has 0 saturated carbocycles. The zero-order chi connectivity index (χ0) is 21.6. The molecule has 6 heteroatoms. The number of hydrogen-bond acceptors (Lipinski definition) is 4. The fraction of sp³-hybridized carbons (Fsp3) is 0.250. The van der Waals surface area contributed by atoms with Crippen LogP contribution < -0.4 is 15.9 Å². The van der Waals surface area contributed by atoms with E-state index in [1.54, 1.807) is 0 Å². The van der Waals surface area contributed by atoms with E-state index < -0.39 is 15.3 Å². The summed E-state index contributed by atoms with van der Waals surface area (Å²) in [5.41, 5.74) is 0. The van der Waals surface area contributed by atoms with Crippen LogP contribution in [0.15, 0.2) is 91.0 Å². The SMILES string of the molecule is CC(C)OP(=O)(OC(C)C)O[P+](c1ccccc1)(c1ccccc1)c1ccccc1. The predicted octanol–water partition coefficient (Wildman–Crippen LogP) is 5.87. The third kappa shape index (κ3) is 5.27. The van der Waals surface area contributed by atoms with Crippen LogP contribution in [0.3, 0.4) is 0 Å².